The molecule has 2 aromatic carbocycles. The Balaban J connectivity index is 1.15. The summed E-state index contributed by atoms with van der Waals surface area (Å²) in [5.41, 5.74) is 2.73. The number of H-pyrrole nitrogens is 1. The molecule has 0 radical (unpaired) electrons. The van der Waals surface area contributed by atoms with Crippen molar-refractivity contribution in [3.05, 3.63) is 59.3 Å². The van der Waals surface area contributed by atoms with Crippen molar-refractivity contribution in [2.24, 2.45) is 0 Å². The maximum absolute atomic E-state index is 13.6. The van der Waals surface area contributed by atoms with Crippen LogP contribution >= 0.6 is 0 Å². The van der Waals surface area contributed by atoms with Gasteiger partial charge in [-0.15, -0.1) is 0 Å². The number of nitrogens with one attached hydrogen (secondary N) is 2. The van der Waals surface area contributed by atoms with Crippen LogP contribution in [0, 0.1) is 0 Å². The van der Waals surface area contributed by atoms with Gasteiger partial charge in [-0.3, -0.25) is 24.5 Å². The number of rotatable bonds is 6. The molecule has 3 aliphatic rings. The summed E-state index contributed by atoms with van der Waals surface area (Å²) in [4.78, 5) is 57.0. The van der Waals surface area contributed by atoms with E-state index < -0.39 is 11.9 Å². The number of aromatic nitrogens is 1. The van der Waals surface area contributed by atoms with E-state index in [1.165, 1.54) is 4.90 Å². The van der Waals surface area contributed by atoms with E-state index in [2.05, 4.69) is 10.3 Å². The molecule has 2 atom stereocenters. The molecule has 1 aromatic heterocycles. The number of imide groups is 1. The molecule has 10 heteroatoms. The van der Waals surface area contributed by atoms with Gasteiger partial charge in [-0.1, -0.05) is 12.1 Å². The Bertz CT molecular complexity index is 1480. The first-order valence-electron chi connectivity index (χ1n) is 13.3. The monoisotopic (exact) mass is 530 g/mol. The molecule has 1 unspecified atom stereocenters. The van der Waals surface area contributed by atoms with Crippen molar-refractivity contribution in [1.29, 1.82) is 0 Å². The summed E-state index contributed by atoms with van der Waals surface area (Å²) < 4.78 is 11.6. The minimum Gasteiger partial charge on any atom is -0.495 e. The minimum absolute atomic E-state index is 0.0396. The van der Waals surface area contributed by atoms with Crippen LogP contribution < -0.4 is 14.8 Å². The Morgan fingerprint density at radius 3 is 2.79 bits per heavy atom. The number of amides is 4. The van der Waals surface area contributed by atoms with Gasteiger partial charge >= 0.3 is 0 Å². The van der Waals surface area contributed by atoms with E-state index in [1.807, 2.05) is 29.2 Å². The average molecular weight is 531 g/mol. The quantitative estimate of drug-likeness (QED) is 0.473. The Labute approximate surface area is 225 Å². The average Bonchev–Trinajstić information content (AvgIpc) is 3.52. The summed E-state index contributed by atoms with van der Waals surface area (Å²) >= 11 is 0. The number of hydrogen-bond donors (Lipinski definition) is 2. The van der Waals surface area contributed by atoms with Crippen LogP contribution in [0.5, 0.6) is 11.5 Å². The number of carbonyl (C=O) groups is 4. The summed E-state index contributed by atoms with van der Waals surface area (Å²) in [5, 5.41) is 3.15. The topological polar surface area (TPSA) is 121 Å². The summed E-state index contributed by atoms with van der Waals surface area (Å²) in [5.74, 6) is 0.306. The van der Waals surface area contributed by atoms with Gasteiger partial charge in [0.1, 0.15) is 24.1 Å². The fraction of sp³-hybridized carbons (Fsp3) is 0.379. The Morgan fingerprint density at radius 1 is 1.10 bits per heavy atom. The van der Waals surface area contributed by atoms with Crippen molar-refractivity contribution in [3.8, 4) is 11.5 Å². The lowest BCUT2D eigenvalue weighted by atomic mass is 10.0. The number of methoxy groups -OCH3 is 1. The van der Waals surface area contributed by atoms with E-state index >= 15 is 0 Å². The van der Waals surface area contributed by atoms with Gasteiger partial charge in [-0.05, 0) is 55.5 Å². The smallest absolute Gasteiger partial charge is 0.256 e. The van der Waals surface area contributed by atoms with Crippen LogP contribution in [0.2, 0.25) is 0 Å². The van der Waals surface area contributed by atoms with Crippen molar-refractivity contribution >= 4 is 34.5 Å². The van der Waals surface area contributed by atoms with Crippen LogP contribution in [-0.4, -0.2) is 70.8 Å². The molecule has 2 saturated heterocycles. The molecule has 0 bridgehead atoms. The lowest BCUT2D eigenvalue weighted by Gasteiger charge is -2.35. The molecule has 2 N–H and O–H groups in total. The molecule has 3 aromatic rings. The van der Waals surface area contributed by atoms with E-state index in [1.54, 1.807) is 25.4 Å². The maximum atomic E-state index is 13.6. The third kappa shape index (κ3) is 4.49. The van der Waals surface area contributed by atoms with E-state index in [4.69, 9.17) is 9.47 Å². The standard InChI is InChI=1S/C29H30N4O6/c1-38-24-7-4-6-21-22(14-30-26(21)24)29(37)32-12-3-2-5-18(32)16-39-19-8-9-20-17(13-19)15-33(28(20)36)23-10-11-25(34)31-27(23)35/h4,6-9,13-14,18,23,30H,2-3,5,10-12,15-16H2,1H3,(H,31,34,35)/t18-,23?/m0/s1. The zero-order valence-electron chi connectivity index (χ0n) is 21.7. The molecule has 10 nitrogen and oxygen atoms in total. The zero-order valence-corrected chi connectivity index (χ0v) is 21.7. The van der Waals surface area contributed by atoms with Gasteiger partial charge < -0.3 is 24.3 Å². The highest BCUT2D eigenvalue weighted by molar-refractivity contribution is 6.08. The number of piperidine rings is 2. The van der Waals surface area contributed by atoms with Gasteiger partial charge in [0, 0.05) is 36.7 Å². The van der Waals surface area contributed by atoms with E-state index in [0.717, 1.165) is 35.7 Å². The molecule has 39 heavy (non-hydrogen) atoms. The number of likely N-dealkylation sites (tertiary alicyclic amines) is 1. The van der Waals surface area contributed by atoms with Crippen molar-refractivity contribution in [1.82, 2.24) is 20.1 Å². The molecule has 6 rings (SSSR count). The Kier molecular flexibility index (Phi) is 6.46. The van der Waals surface area contributed by atoms with Gasteiger partial charge in [0.2, 0.25) is 11.8 Å². The normalized spacial score (nSPS) is 21.2. The summed E-state index contributed by atoms with van der Waals surface area (Å²) in [6.07, 6.45) is 5.07. The summed E-state index contributed by atoms with van der Waals surface area (Å²) in [6, 6.07) is 10.2. The number of fused-ring (bicyclic) bond motifs is 2. The van der Waals surface area contributed by atoms with E-state index in [9.17, 15) is 19.2 Å². The first kappa shape index (κ1) is 25.0. The number of benzene rings is 2. The molecule has 0 aliphatic carbocycles. The molecule has 3 aliphatic heterocycles. The van der Waals surface area contributed by atoms with Gasteiger partial charge in [0.05, 0.1) is 24.2 Å². The molecular weight excluding hydrogens is 500 g/mol. The largest absolute Gasteiger partial charge is 0.495 e. The molecule has 202 valence electrons. The van der Waals surface area contributed by atoms with Crippen molar-refractivity contribution in [3.63, 3.8) is 0 Å². The summed E-state index contributed by atoms with van der Waals surface area (Å²) in [6.45, 7) is 1.28. The zero-order chi connectivity index (χ0) is 27.1. The number of aromatic amines is 1. The molecule has 4 amide bonds. The predicted octanol–water partition coefficient (Wildman–Crippen LogP) is 3.01. The second-order valence-corrected chi connectivity index (χ2v) is 10.3. The van der Waals surface area contributed by atoms with Gasteiger partial charge in [-0.25, -0.2) is 0 Å². The third-order valence-electron chi connectivity index (χ3n) is 7.95. The lowest BCUT2D eigenvalue weighted by molar-refractivity contribution is -0.136. The number of ether oxygens (including phenoxy) is 2. The molecule has 0 saturated carbocycles. The molecule has 4 heterocycles. The lowest BCUT2D eigenvalue weighted by Crippen LogP contribution is -2.52. The highest BCUT2D eigenvalue weighted by Gasteiger charge is 2.39. The third-order valence-corrected chi connectivity index (χ3v) is 7.95. The highest BCUT2D eigenvalue weighted by Crippen LogP contribution is 2.32. The molecule has 0 spiro atoms. The van der Waals surface area contributed by atoms with E-state index in [-0.39, 0.29) is 36.7 Å². The van der Waals surface area contributed by atoms with Crippen LogP contribution in [0.4, 0.5) is 0 Å². The maximum Gasteiger partial charge on any atom is 0.256 e. The van der Waals surface area contributed by atoms with Crippen LogP contribution in [0.15, 0.2) is 42.6 Å². The minimum atomic E-state index is -0.654. The molecule has 2 fully saturated rings. The van der Waals surface area contributed by atoms with Crippen LogP contribution in [0.3, 0.4) is 0 Å². The predicted molar refractivity (Wildman–Crippen MR) is 142 cm³/mol. The SMILES string of the molecule is COc1cccc2c(C(=O)N3CCCC[C@H]3COc3ccc4c(c3)CN(C3CCC(=O)NC3=O)C4=O)c[nH]c12. The second kappa shape index (κ2) is 10.1. The number of carbonyl (C=O) groups excluding carboxylic acids is 4. The van der Waals surface area contributed by atoms with Crippen molar-refractivity contribution in [2.75, 3.05) is 20.3 Å². The fourth-order valence-electron chi connectivity index (χ4n) is 5.90. The number of nitrogens with zero attached hydrogens (tertiary/aromatic N) is 2. The van der Waals surface area contributed by atoms with Crippen molar-refractivity contribution < 1.29 is 28.7 Å². The fourth-order valence-corrected chi connectivity index (χ4v) is 5.90. The first-order valence-corrected chi connectivity index (χ1v) is 13.3. The van der Waals surface area contributed by atoms with Gasteiger partial charge in [-0.2, -0.15) is 0 Å². The summed E-state index contributed by atoms with van der Waals surface area (Å²) in [7, 11) is 1.61. The Morgan fingerprint density at radius 2 is 1.97 bits per heavy atom. The number of hydrogen-bond acceptors (Lipinski definition) is 6. The highest BCUT2D eigenvalue weighted by atomic mass is 16.5. The van der Waals surface area contributed by atoms with Crippen LogP contribution in [-0.2, 0) is 16.1 Å². The van der Waals surface area contributed by atoms with Crippen LogP contribution in [0.1, 0.15) is 58.4 Å². The van der Waals surface area contributed by atoms with Gasteiger partial charge in [0.15, 0.2) is 0 Å². The first-order chi connectivity index (χ1) is 18.9. The Hall–Kier alpha value is -4.34. The van der Waals surface area contributed by atoms with Crippen molar-refractivity contribution in [2.45, 2.75) is 50.7 Å². The van der Waals surface area contributed by atoms with E-state index in [0.29, 0.717) is 42.2 Å². The number of para-hydroxylation sites is 1. The second-order valence-electron chi connectivity index (χ2n) is 10.3. The van der Waals surface area contributed by atoms with Gasteiger partial charge in [0.25, 0.3) is 11.8 Å². The molecular formula is C29H30N4O6. The van der Waals surface area contributed by atoms with Crippen LogP contribution in [0.25, 0.3) is 10.9 Å².